The standard InChI is InChI=1S/C17H15ClFNO4/c1-23-15-5-3-2-4-13(15)17(22)20-9-16(21)24-10-11-6-7-12(19)8-14(11)18/h2-8H,9-10H2,1H3,(H,20,22). The molecule has 0 fully saturated rings. The predicted octanol–water partition coefficient (Wildman–Crippen LogP) is 2.96. The number of esters is 1. The van der Waals surface area contributed by atoms with Gasteiger partial charge in [0.1, 0.15) is 24.7 Å². The van der Waals surface area contributed by atoms with Gasteiger partial charge >= 0.3 is 5.97 Å². The summed E-state index contributed by atoms with van der Waals surface area (Å²) in [6, 6.07) is 10.4. The van der Waals surface area contributed by atoms with Crippen LogP contribution in [0.25, 0.3) is 0 Å². The number of carbonyl (C=O) groups excluding carboxylic acids is 2. The summed E-state index contributed by atoms with van der Waals surface area (Å²) >= 11 is 5.84. The van der Waals surface area contributed by atoms with Crippen LogP contribution in [0.4, 0.5) is 4.39 Å². The smallest absolute Gasteiger partial charge is 0.325 e. The average Bonchev–Trinajstić information content (AvgIpc) is 2.58. The van der Waals surface area contributed by atoms with Gasteiger partial charge < -0.3 is 14.8 Å². The van der Waals surface area contributed by atoms with Gasteiger partial charge in [0, 0.05) is 5.56 Å². The second-order valence-corrected chi connectivity index (χ2v) is 5.19. The van der Waals surface area contributed by atoms with Gasteiger partial charge in [-0.25, -0.2) is 4.39 Å². The Bertz CT molecular complexity index is 751. The molecule has 0 radical (unpaired) electrons. The third-order valence-electron chi connectivity index (χ3n) is 3.15. The number of hydrogen-bond donors (Lipinski definition) is 1. The topological polar surface area (TPSA) is 64.6 Å². The van der Waals surface area contributed by atoms with E-state index < -0.39 is 17.7 Å². The molecule has 126 valence electrons. The molecular weight excluding hydrogens is 337 g/mol. The number of nitrogens with one attached hydrogen (secondary N) is 1. The lowest BCUT2D eigenvalue weighted by atomic mass is 10.2. The molecule has 5 nitrogen and oxygen atoms in total. The van der Waals surface area contributed by atoms with Crippen LogP contribution in [0.15, 0.2) is 42.5 Å². The molecule has 0 saturated carbocycles. The second kappa shape index (κ2) is 8.31. The summed E-state index contributed by atoms with van der Waals surface area (Å²) in [5, 5.41) is 2.61. The lowest BCUT2D eigenvalue weighted by Gasteiger charge is -2.09. The van der Waals surface area contributed by atoms with Gasteiger partial charge in [-0.3, -0.25) is 9.59 Å². The first-order chi connectivity index (χ1) is 11.5. The second-order valence-electron chi connectivity index (χ2n) is 4.78. The predicted molar refractivity (Wildman–Crippen MR) is 86.5 cm³/mol. The SMILES string of the molecule is COc1ccccc1C(=O)NCC(=O)OCc1ccc(F)cc1Cl. The van der Waals surface area contributed by atoms with Gasteiger partial charge in [0.15, 0.2) is 0 Å². The van der Waals surface area contributed by atoms with E-state index in [1.165, 1.54) is 19.2 Å². The molecule has 7 heteroatoms. The largest absolute Gasteiger partial charge is 0.496 e. The molecule has 2 aromatic carbocycles. The molecule has 0 aliphatic rings. The molecule has 0 aliphatic heterocycles. The number of amides is 1. The Morgan fingerprint density at radius 2 is 1.96 bits per heavy atom. The number of halogens is 2. The first-order valence-electron chi connectivity index (χ1n) is 7.02. The minimum Gasteiger partial charge on any atom is -0.496 e. The van der Waals surface area contributed by atoms with E-state index in [2.05, 4.69) is 5.32 Å². The normalized spacial score (nSPS) is 10.1. The van der Waals surface area contributed by atoms with E-state index >= 15 is 0 Å². The summed E-state index contributed by atoms with van der Waals surface area (Å²) in [7, 11) is 1.45. The van der Waals surface area contributed by atoms with E-state index in [4.69, 9.17) is 21.1 Å². The molecule has 24 heavy (non-hydrogen) atoms. The minimum absolute atomic E-state index is 0.109. The Balaban J connectivity index is 1.85. The van der Waals surface area contributed by atoms with Gasteiger partial charge in [0.05, 0.1) is 17.7 Å². The number of rotatable bonds is 6. The fraction of sp³-hybridized carbons (Fsp3) is 0.176. The summed E-state index contributed by atoms with van der Waals surface area (Å²) in [6.45, 7) is -0.418. The molecule has 0 spiro atoms. The third-order valence-corrected chi connectivity index (χ3v) is 3.50. The molecule has 0 atom stereocenters. The van der Waals surface area contributed by atoms with E-state index in [0.717, 1.165) is 6.07 Å². The molecule has 1 N–H and O–H groups in total. The highest BCUT2D eigenvalue weighted by atomic mass is 35.5. The summed E-state index contributed by atoms with van der Waals surface area (Å²) in [4.78, 5) is 23.7. The first kappa shape index (κ1) is 17.7. The van der Waals surface area contributed by atoms with Crippen molar-refractivity contribution in [3.05, 3.63) is 64.4 Å². The maximum absolute atomic E-state index is 12.9. The lowest BCUT2D eigenvalue weighted by molar-refractivity contribution is -0.143. The van der Waals surface area contributed by atoms with Crippen molar-refractivity contribution in [1.29, 1.82) is 0 Å². The summed E-state index contributed by atoms with van der Waals surface area (Å²) in [6.07, 6.45) is 0. The van der Waals surface area contributed by atoms with Crippen molar-refractivity contribution in [3.63, 3.8) is 0 Å². The van der Waals surface area contributed by atoms with Crippen molar-refractivity contribution in [1.82, 2.24) is 5.32 Å². The average molecular weight is 352 g/mol. The molecular formula is C17H15ClFNO4. The Hall–Kier alpha value is -2.60. The molecule has 2 rings (SSSR count). The fourth-order valence-electron chi connectivity index (χ4n) is 1.93. The fourth-order valence-corrected chi connectivity index (χ4v) is 2.15. The summed E-state index contributed by atoms with van der Waals surface area (Å²) in [5.41, 5.74) is 0.789. The highest BCUT2D eigenvalue weighted by Gasteiger charge is 2.13. The molecule has 0 aromatic heterocycles. The molecule has 0 saturated heterocycles. The molecule has 0 heterocycles. The van der Waals surface area contributed by atoms with Crippen LogP contribution < -0.4 is 10.1 Å². The van der Waals surface area contributed by atoms with Crippen molar-refractivity contribution in [3.8, 4) is 5.75 Å². The Morgan fingerprint density at radius 3 is 2.67 bits per heavy atom. The van der Waals surface area contributed by atoms with Crippen molar-refractivity contribution < 1.29 is 23.5 Å². The van der Waals surface area contributed by atoms with E-state index in [-0.39, 0.29) is 18.2 Å². The van der Waals surface area contributed by atoms with Gasteiger partial charge in [0.25, 0.3) is 5.91 Å². The minimum atomic E-state index is -0.640. The van der Waals surface area contributed by atoms with Crippen molar-refractivity contribution >= 4 is 23.5 Å². The van der Waals surface area contributed by atoms with E-state index in [1.807, 2.05) is 0 Å². The first-order valence-corrected chi connectivity index (χ1v) is 7.40. The monoisotopic (exact) mass is 351 g/mol. The van der Waals surface area contributed by atoms with Crippen LogP contribution in [0.1, 0.15) is 15.9 Å². The van der Waals surface area contributed by atoms with Gasteiger partial charge in [0.2, 0.25) is 0 Å². The maximum Gasteiger partial charge on any atom is 0.325 e. The number of carbonyl (C=O) groups is 2. The summed E-state index contributed by atoms with van der Waals surface area (Å²) < 4.78 is 23.0. The number of methoxy groups -OCH3 is 1. The van der Waals surface area contributed by atoms with Crippen molar-refractivity contribution in [2.45, 2.75) is 6.61 Å². The van der Waals surface area contributed by atoms with Crippen LogP contribution >= 0.6 is 11.6 Å². The highest BCUT2D eigenvalue weighted by Crippen LogP contribution is 2.18. The molecule has 1 amide bonds. The van der Waals surface area contributed by atoms with Crippen LogP contribution in [0.5, 0.6) is 5.75 Å². The van der Waals surface area contributed by atoms with Crippen molar-refractivity contribution in [2.24, 2.45) is 0 Å². The Labute approximate surface area is 143 Å². The van der Waals surface area contributed by atoms with Gasteiger partial charge in [-0.15, -0.1) is 0 Å². The molecule has 0 aliphatic carbocycles. The zero-order valence-corrected chi connectivity index (χ0v) is 13.6. The molecule has 0 bridgehead atoms. The van der Waals surface area contributed by atoms with Gasteiger partial charge in [-0.2, -0.15) is 0 Å². The number of ether oxygens (including phenoxy) is 2. The van der Waals surface area contributed by atoms with Gasteiger partial charge in [-0.1, -0.05) is 29.8 Å². The van der Waals surface area contributed by atoms with E-state index in [0.29, 0.717) is 16.9 Å². The van der Waals surface area contributed by atoms with Crippen LogP contribution in [0.3, 0.4) is 0 Å². The third kappa shape index (κ3) is 4.70. The maximum atomic E-state index is 12.9. The van der Waals surface area contributed by atoms with E-state index in [9.17, 15) is 14.0 Å². The Morgan fingerprint density at radius 1 is 1.21 bits per heavy atom. The molecule has 0 unspecified atom stereocenters. The quantitative estimate of drug-likeness (QED) is 0.813. The van der Waals surface area contributed by atoms with Crippen LogP contribution in [0.2, 0.25) is 5.02 Å². The summed E-state index contributed by atoms with van der Waals surface area (Å²) in [5.74, 6) is -1.16. The Kier molecular flexibility index (Phi) is 6.14. The zero-order chi connectivity index (χ0) is 17.5. The van der Waals surface area contributed by atoms with Gasteiger partial charge in [-0.05, 0) is 24.3 Å². The molecule has 2 aromatic rings. The zero-order valence-electron chi connectivity index (χ0n) is 12.8. The highest BCUT2D eigenvalue weighted by molar-refractivity contribution is 6.31. The van der Waals surface area contributed by atoms with Crippen LogP contribution in [0, 0.1) is 5.82 Å². The number of para-hydroxylation sites is 1. The lowest BCUT2D eigenvalue weighted by Crippen LogP contribution is -2.30. The van der Waals surface area contributed by atoms with Crippen LogP contribution in [-0.4, -0.2) is 25.5 Å². The van der Waals surface area contributed by atoms with Crippen molar-refractivity contribution in [2.75, 3.05) is 13.7 Å². The number of benzene rings is 2. The van der Waals surface area contributed by atoms with Crippen LogP contribution in [-0.2, 0) is 16.1 Å². The van der Waals surface area contributed by atoms with E-state index in [1.54, 1.807) is 24.3 Å². The number of hydrogen-bond acceptors (Lipinski definition) is 4.